The third-order valence-corrected chi connectivity index (χ3v) is 5.18. The standard InChI is InChI=1S/C15H21N3O3S/c1-3-10-18(2)22(20,21)14-8-6-12(7-9-14)16-11-15(19)17-13-4-5-13/h3,6-9,13,16H,1,4-5,10-11H2,2H3,(H,17,19). The lowest BCUT2D eigenvalue weighted by Crippen LogP contribution is -2.31. The molecule has 0 spiro atoms. The number of carbonyl (C=O) groups excluding carboxylic acids is 1. The number of hydrogen-bond acceptors (Lipinski definition) is 4. The largest absolute Gasteiger partial charge is 0.376 e. The first-order valence-corrected chi connectivity index (χ1v) is 8.58. The third-order valence-electron chi connectivity index (χ3n) is 3.34. The van der Waals surface area contributed by atoms with Gasteiger partial charge >= 0.3 is 0 Å². The Morgan fingerprint density at radius 2 is 2.00 bits per heavy atom. The number of anilines is 1. The van der Waals surface area contributed by atoms with E-state index in [0.29, 0.717) is 11.7 Å². The Hall–Kier alpha value is -1.86. The van der Waals surface area contributed by atoms with E-state index in [9.17, 15) is 13.2 Å². The monoisotopic (exact) mass is 323 g/mol. The molecule has 1 aromatic carbocycles. The molecule has 0 aromatic heterocycles. The van der Waals surface area contributed by atoms with Gasteiger partial charge in [-0.3, -0.25) is 4.79 Å². The molecule has 1 saturated carbocycles. The zero-order valence-corrected chi connectivity index (χ0v) is 13.4. The minimum Gasteiger partial charge on any atom is -0.376 e. The summed E-state index contributed by atoms with van der Waals surface area (Å²) in [6.45, 7) is 3.97. The first kappa shape index (κ1) is 16.5. The number of likely N-dealkylation sites (N-methyl/N-ethyl adjacent to an activating group) is 1. The molecule has 1 amide bonds. The summed E-state index contributed by atoms with van der Waals surface area (Å²) in [5.41, 5.74) is 0.705. The van der Waals surface area contributed by atoms with Crippen LogP contribution in [0, 0.1) is 0 Å². The highest BCUT2D eigenvalue weighted by atomic mass is 32.2. The first-order chi connectivity index (χ1) is 10.4. The van der Waals surface area contributed by atoms with Crippen LogP contribution in [-0.4, -0.2) is 44.8 Å². The topological polar surface area (TPSA) is 78.5 Å². The normalized spacial score (nSPS) is 14.6. The molecule has 22 heavy (non-hydrogen) atoms. The van der Waals surface area contributed by atoms with Gasteiger partial charge in [0.25, 0.3) is 0 Å². The van der Waals surface area contributed by atoms with Gasteiger partial charge in [-0.1, -0.05) is 6.08 Å². The summed E-state index contributed by atoms with van der Waals surface area (Å²) >= 11 is 0. The summed E-state index contributed by atoms with van der Waals surface area (Å²) in [6.07, 6.45) is 3.64. The molecule has 1 aliphatic carbocycles. The van der Waals surface area contributed by atoms with E-state index in [4.69, 9.17) is 0 Å². The van der Waals surface area contributed by atoms with Crippen molar-refractivity contribution in [2.75, 3.05) is 25.5 Å². The summed E-state index contributed by atoms with van der Waals surface area (Å²) < 4.78 is 25.7. The molecular weight excluding hydrogens is 302 g/mol. The van der Waals surface area contributed by atoms with E-state index in [-0.39, 0.29) is 23.9 Å². The van der Waals surface area contributed by atoms with Crippen molar-refractivity contribution in [1.29, 1.82) is 0 Å². The summed E-state index contributed by atoms with van der Waals surface area (Å²) in [4.78, 5) is 11.8. The van der Waals surface area contributed by atoms with Crippen molar-refractivity contribution < 1.29 is 13.2 Å². The van der Waals surface area contributed by atoms with Crippen LogP contribution in [0.4, 0.5) is 5.69 Å². The highest BCUT2D eigenvalue weighted by molar-refractivity contribution is 7.89. The van der Waals surface area contributed by atoms with Gasteiger partial charge in [0.05, 0.1) is 11.4 Å². The molecule has 0 saturated heterocycles. The predicted octanol–water partition coefficient (Wildman–Crippen LogP) is 1.18. The number of nitrogens with one attached hydrogen (secondary N) is 2. The van der Waals surface area contributed by atoms with Gasteiger partial charge in [0.1, 0.15) is 0 Å². The Balaban J connectivity index is 1.94. The van der Waals surface area contributed by atoms with Crippen LogP contribution in [-0.2, 0) is 14.8 Å². The molecule has 0 radical (unpaired) electrons. The molecule has 1 fully saturated rings. The highest BCUT2D eigenvalue weighted by Gasteiger charge is 2.23. The van der Waals surface area contributed by atoms with Crippen molar-refractivity contribution in [3.05, 3.63) is 36.9 Å². The van der Waals surface area contributed by atoms with Gasteiger partial charge in [0, 0.05) is 25.3 Å². The molecule has 0 aliphatic heterocycles. The molecule has 2 rings (SSSR count). The third kappa shape index (κ3) is 4.32. The minimum atomic E-state index is -3.50. The smallest absolute Gasteiger partial charge is 0.243 e. The molecule has 2 N–H and O–H groups in total. The van der Waals surface area contributed by atoms with Crippen LogP contribution in [0.3, 0.4) is 0 Å². The Labute approximate surface area is 131 Å². The fraction of sp³-hybridized carbons (Fsp3) is 0.400. The van der Waals surface area contributed by atoms with Crippen LogP contribution in [0.25, 0.3) is 0 Å². The van der Waals surface area contributed by atoms with E-state index in [0.717, 1.165) is 12.8 Å². The van der Waals surface area contributed by atoms with Crippen LogP contribution < -0.4 is 10.6 Å². The van der Waals surface area contributed by atoms with E-state index < -0.39 is 10.0 Å². The van der Waals surface area contributed by atoms with Gasteiger partial charge in [-0.05, 0) is 37.1 Å². The number of sulfonamides is 1. The zero-order chi connectivity index (χ0) is 16.2. The lowest BCUT2D eigenvalue weighted by Gasteiger charge is -2.15. The zero-order valence-electron chi connectivity index (χ0n) is 12.6. The lowest BCUT2D eigenvalue weighted by atomic mass is 10.3. The molecule has 0 heterocycles. The number of rotatable bonds is 8. The van der Waals surface area contributed by atoms with Crippen molar-refractivity contribution in [3.8, 4) is 0 Å². The van der Waals surface area contributed by atoms with E-state index in [2.05, 4.69) is 17.2 Å². The average Bonchev–Trinajstić information content (AvgIpc) is 3.29. The van der Waals surface area contributed by atoms with Crippen LogP contribution in [0.5, 0.6) is 0 Å². The SMILES string of the molecule is C=CCN(C)S(=O)(=O)c1ccc(NCC(=O)NC2CC2)cc1. The van der Waals surface area contributed by atoms with Crippen LogP contribution in [0.1, 0.15) is 12.8 Å². The van der Waals surface area contributed by atoms with Crippen molar-refractivity contribution in [3.63, 3.8) is 0 Å². The maximum Gasteiger partial charge on any atom is 0.243 e. The van der Waals surface area contributed by atoms with E-state index in [1.54, 1.807) is 12.1 Å². The molecule has 6 nitrogen and oxygen atoms in total. The maximum atomic E-state index is 12.2. The Kier molecular flexibility index (Phi) is 5.20. The fourth-order valence-corrected chi connectivity index (χ4v) is 3.03. The number of carbonyl (C=O) groups is 1. The van der Waals surface area contributed by atoms with E-state index >= 15 is 0 Å². The second-order valence-electron chi connectivity index (χ2n) is 5.29. The molecule has 0 bridgehead atoms. The van der Waals surface area contributed by atoms with Gasteiger partial charge in [-0.25, -0.2) is 8.42 Å². The molecule has 1 aliphatic rings. The molecule has 7 heteroatoms. The van der Waals surface area contributed by atoms with Gasteiger partial charge in [-0.2, -0.15) is 4.31 Å². The highest BCUT2D eigenvalue weighted by Crippen LogP contribution is 2.19. The molecular formula is C15H21N3O3S. The summed E-state index contributed by atoms with van der Waals surface area (Å²) in [7, 11) is -2.00. The Morgan fingerprint density at radius 3 is 2.55 bits per heavy atom. The average molecular weight is 323 g/mol. The van der Waals surface area contributed by atoms with Gasteiger partial charge < -0.3 is 10.6 Å². The van der Waals surface area contributed by atoms with Crippen molar-refractivity contribution in [2.24, 2.45) is 0 Å². The summed E-state index contributed by atoms with van der Waals surface area (Å²) in [5, 5.41) is 5.85. The van der Waals surface area contributed by atoms with Crippen LogP contribution in [0.15, 0.2) is 41.8 Å². The second kappa shape index (κ2) is 6.93. The van der Waals surface area contributed by atoms with Crippen molar-refractivity contribution >= 4 is 21.6 Å². The molecule has 120 valence electrons. The molecule has 0 atom stereocenters. The Bertz CT molecular complexity index is 637. The van der Waals surface area contributed by atoms with E-state index in [1.807, 2.05) is 0 Å². The Morgan fingerprint density at radius 1 is 1.36 bits per heavy atom. The quantitative estimate of drug-likeness (QED) is 0.704. The van der Waals surface area contributed by atoms with Crippen molar-refractivity contribution in [2.45, 2.75) is 23.8 Å². The number of hydrogen-bond donors (Lipinski definition) is 2. The predicted molar refractivity (Wildman–Crippen MR) is 86.1 cm³/mol. The lowest BCUT2D eigenvalue weighted by molar-refractivity contribution is -0.119. The van der Waals surface area contributed by atoms with Crippen LogP contribution in [0.2, 0.25) is 0 Å². The van der Waals surface area contributed by atoms with Crippen molar-refractivity contribution in [1.82, 2.24) is 9.62 Å². The van der Waals surface area contributed by atoms with Gasteiger partial charge in [0.15, 0.2) is 0 Å². The van der Waals surface area contributed by atoms with Gasteiger partial charge in [0.2, 0.25) is 15.9 Å². The number of amides is 1. The van der Waals surface area contributed by atoms with Gasteiger partial charge in [-0.15, -0.1) is 6.58 Å². The summed E-state index contributed by atoms with van der Waals surface area (Å²) in [6, 6.07) is 6.69. The minimum absolute atomic E-state index is 0.0510. The molecule has 0 unspecified atom stereocenters. The van der Waals surface area contributed by atoms with E-state index in [1.165, 1.54) is 29.6 Å². The first-order valence-electron chi connectivity index (χ1n) is 7.14. The molecule has 1 aromatic rings. The summed E-state index contributed by atoms with van der Waals surface area (Å²) in [5.74, 6) is -0.0510. The fourth-order valence-electron chi connectivity index (χ4n) is 1.89. The van der Waals surface area contributed by atoms with Crippen LogP contribution >= 0.6 is 0 Å². The second-order valence-corrected chi connectivity index (χ2v) is 7.34. The maximum absolute atomic E-state index is 12.2. The number of nitrogens with zero attached hydrogens (tertiary/aromatic N) is 1. The number of benzene rings is 1.